The Morgan fingerprint density at radius 3 is 2.44 bits per heavy atom. The molecule has 3 fully saturated rings. The maximum Gasteiger partial charge on any atom is 0.339 e. The zero-order valence-corrected chi connectivity index (χ0v) is 25.2. The number of ether oxygens (including phenoxy) is 4. The number of carbonyl (C=O) groups excluding carboxylic acids is 5. The first-order valence-corrected chi connectivity index (χ1v) is 14.1. The number of rotatable bonds is 10. The standard InChI is InChI=1S/C31H33N3O11/c1-14-7-6-8-18-19(14)9-17(42-5)10-20(18)30(41)45-27(31(4)13-43-31)29(40)33-23(28(39)32-21(12-35)15(2)36)24-26(44-16(3)37)25(38)22-11-34(22)24/h6-10,12,22,25-27,35,38H,11,13H2,1-5H3,(H,32,39)(H,33,40)/b21-12?,24-23+/t22-,25?,26?,27?,31?,34?/m0/s1. The van der Waals surface area contributed by atoms with Crippen molar-refractivity contribution in [1.82, 2.24) is 15.5 Å². The van der Waals surface area contributed by atoms with Crippen molar-refractivity contribution in [1.29, 1.82) is 0 Å². The number of epoxide rings is 1. The van der Waals surface area contributed by atoms with Gasteiger partial charge in [-0.15, -0.1) is 0 Å². The number of fused-ring (bicyclic) bond motifs is 2. The fourth-order valence-corrected chi connectivity index (χ4v) is 5.35. The minimum Gasteiger partial charge on any atom is -0.513 e. The van der Waals surface area contributed by atoms with Crippen LogP contribution in [-0.4, -0.2) is 94.9 Å². The highest BCUT2D eigenvalue weighted by Crippen LogP contribution is 2.42. The van der Waals surface area contributed by atoms with Gasteiger partial charge in [0.15, 0.2) is 11.9 Å². The number of ketones is 1. The lowest BCUT2D eigenvalue weighted by molar-refractivity contribution is -0.148. The molecule has 0 bridgehead atoms. The van der Waals surface area contributed by atoms with Gasteiger partial charge in [0.25, 0.3) is 11.8 Å². The number of aliphatic hydroxyl groups is 2. The highest BCUT2D eigenvalue weighted by Gasteiger charge is 2.59. The molecular formula is C31H33N3O11. The molecule has 2 amide bonds. The first-order chi connectivity index (χ1) is 21.3. The van der Waals surface area contributed by atoms with Gasteiger partial charge in [-0.1, -0.05) is 18.2 Å². The summed E-state index contributed by atoms with van der Waals surface area (Å²) >= 11 is 0. The van der Waals surface area contributed by atoms with Gasteiger partial charge in [0.05, 0.1) is 31.0 Å². The molecule has 3 aliphatic rings. The summed E-state index contributed by atoms with van der Waals surface area (Å²) in [5, 5.41) is 26.2. The number of nitrogens with zero attached hydrogens (tertiary/aromatic N) is 1. The molecular weight excluding hydrogens is 590 g/mol. The van der Waals surface area contributed by atoms with Crippen molar-refractivity contribution < 1.29 is 53.1 Å². The molecule has 45 heavy (non-hydrogen) atoms. The number of piperidine rings is 1. The van der Waals surface area contributed by atoms with E-state index in [0.717, 1.165) is 24.8 Å². The van der Waals surface area contributed by atoms with E-state index in [4.69, 9.17) is 18.9 Å². The summed E-state index contributed by atoms with van der Waals surface area (Å²) in [6, 6.07) is 8.16. The number of carbonyl (C=O) groups is 5. The van der Waals surface area contributed by atoms with E-state index in [9.17, 15) is 34.2 Å². The van der Waals surface area contributed by atoms with Crippen LogP contribution in [0.25, 0.3) is 10.8 Å². The monoisotopic (exact) mass is 623 g/mol. The van der Waals surface area contributed by atoms with Crippen molar-refractivity contribution in [3.05, 3.63) is 64.8 Å². The van der Waals surface area contributed by atoms with E-state index in [0.29, 0.717) is 17.4 Å². The smallest absolute Gasteiger partial charge is 0.339 e. The average Bonchev–Trinajstić information content (AvgIpc) is 3.92. The van der Waals surface area contributed by atoms with Gasteiger partial charge in [-0.2, -0.15) is 0 Å². The second-order valence-corrected chi connectivity index (χ2v) is 11.3. The largest absolute Gasteiger partial charge is 0.513 e. The maximum atomic E-state index is 13.9. The van der Waals surface area contributed by atoms with Crippen LogP contribution in [0.4, 0.5) is 0 Å². The molecule has 3 heterocycles. The Morgan fingerprint density at radius 1 is 1.13 bits per heavy atom. The van der Waals surface area contributed by atoms with Crippen molar-refractivity contribution in [3.63, 3.8) is 0 Å². The molecule has 2 aromatic carbocycles. The van der Waals surface area contributed by atoms with Crippen LogP contribution in [0.15, 0.2) is 53.7 Å². The molecule has 14 nitrogen and oxygen atoms in total. The summed E-state index contributed by atoms with van der Waals surface area (Å²) in [6.07, 6.45) is -3.74. The Hall–Kier alpha value is -4.95. The molecule has 0 spiro atoms. The second kappa shape index (κ2) is 11.9. The molecule has 0 aromatic heterocycles. The van der Waals surface area contributed by atoms with Gasteiger partial charge in [0, 0.05) is 20.4 Å². The Balaban J connectivity index is 1.51. The molecule has 0 radical (unpaired) electrons. The van der Waals surface area contributed by atoms with E-state index >= 15 is 0 Å². The van der Waals surface area contributed by atoms with Crippen LogP contribution in [0, 0.1) is 6.92 Å². The first-order valence-electron chi connectivity index (χ1n) is 14.1. The van der Waals surface area contributed by atoms with Crippen molar-refractivity contribution >= 4 is 40.3 Å². The van der Waals surface area contributed by atoms with E-state index in [-0.39, 0.29) is 24.4 Å². The van der Waals surface area contributed by atoms with Crippen molar-refractivity contribution in [2.24, 2.45) is 0 Å². The summed E-state index contributed by atoms with van der Waals surface area (Å²) in [5.41, 5.74) is -1.25. The lowest BCUT2D eigenvalue weighted by Crippen LogP contribution is -2.49. The minimum absolute atomic E-state index is 0.0319. The fraction of sp³-hybridized carbons (Fsp3) is 0.387. The van der Waals surface area contributed by atoms with Gasteiger partial charge in [-0.05, 0) is 42.3 Å². The number of methoxy groups -OCH3 is 1. The van der Waals surface area contributed by atoms with Crippen LogP contribution < -0.4 is 15.4 Å². The number of esters is 2. The normalized spacial score (nSPS) is 25.1. The molecule has 0 aliphatic carbocycles. The summed E-state index contributed by atoms with van der Waals surface area (Å²) in [7, 11) is 1.46. The molecule has 14 heteroatoms. The van der Waals surface area contributed by atoms with Crippen LogP contribution in [-0.2, 0) is 33.4 Å². The Bertz CT molecular complexity index is 1680. The Kier molecular flexibility index (Phi) is 8.29. The quantitative estimate of drug-likeness (QED) is 0.127. The van der Waals surface area contributed by atoms with Crippen molar-refractivity contribution in [2.45, 2.75) is 57.6 Å². The summed E-state index contributed by atoms with van der Waals surface area (Å²) in [5.74, 6) is -3.95. The van der Waals surface area contributed by atoms with Gasteiger partial charge in [-0.3, -0.25) is 19.2 Å². The molecule has 0 saturated carbocycles. The topological polar surface area (TPSA) is 193 Å². The Morgan fingerprint density at radius 2 is 1.84 bits per heavy atom. The SMILES string of the molecule is COc1cc(C(=O)OC(C(=O)N/C(C(=O)NC(=CO)C(C)=O)=C2\C(OC(C)=O)C(O)[C@@H]3CN23)C2(C)CO2)c2cccc(C)c2c1. The van der Waals surface area contributed by atoms with Crippen LogP contribution in [0.1, 0.15) is 36.7 Å². The minimum atomic E-state index is -1.58. The number of Topliss-reactive ketones (excluding diaryl/α,β-unsaturated/α-hetero) is 1. The molecule has 5 atom stereocenters. The number of aryl methyl sites for hydroxylation is 1. The van der Waals surface area contributed by atoms with Gasteiger partial charge < -0.3 is 44.7 Å². The third-order valence-electron chi connectivity index (χ3n) is 7.98. The van der Waals surface area contributed by atoms with E-state index in [1.807, 2.05) is 13.0 Å². The predicted octanol–water partition coefficient (Wildman–Crippen LogP) is 0.894. The lowest BCUT2D eigenvalue weighted by Gasteiger charge is -2.25. The summed E-state index contributed by atoms with van der Waals surface area (Å²) < 4.78 is 21.9. The summed E-state index contributed by atoms with van der Waals surface area (Å²) in [4.78, 5) is 66.4. The second-order valence-electron chi connectivity index (χ2n) is 11.3. The zero-order chi connectivity index (χ0) is 32.8. The molecule has 2 aromatic rings. The van der Waals surface area contributed by atoms with E-state index < -0.39 is 70.9 Å². The molecule has 4 unspecified atom stereocenters. The zero-order valence-electron chi connectivity index (χ0n) is 25.2. The highest BCUT2D eigenvalue weighted by atomic mass is 16.6. The number of amides is 2. The highest BCUT2D eigenvalue weighted by molar-refractivity contribution is 6.08. The van der Waals surface area contributed by atoms with Crippen molar-refractivity contribution in [2.75, 3.05) is 20.3 Å². The third kappa shape index (κ3) is 6.06. The number of benzene rings is 2. The third-order valence-corrected chi connectivity index (χ3v) is 7.98. The van der Waals surface area contributed by atoms with E-state index in [1.165, 1.54) is 13.2 Å². The fourth-order valence-electron chi connectivity index (χ4n) is 5.35. The van der Waals surface area contributed by atoms with Crippen LogP contribution in [0.5, 0.6) is 5.75 Å². The number of hydrogen-bond donors (Lipinski definition) is 4. The Labute approximate surface area is 257 Å². The number of hydrogen-bond acceptors (Lipinski definition) is 12. The predicted molar refractivity (Wildman–Crippen MR) is 156 cm³/mol. The van der Waals surface area contributed by atoms with Crippen LogP contribution in [0.3, 0.4) is 0 Å². The number of aliphatic hydroxyl groups excluding tert-OH is 2. The number of nitrogens with one attached hydrogen (secondary N) is 2. The van der Waals surface area contributed by atoms with Crippen LogP contribution >= 0.6 is 0 Å². The van der Waals surface area contributed by atoms with Gasteiger partial charge >= 0.3 is 11.9 Å². The van der Waals surface area contributed by atoms with E-state index in [1.54, 1.807) is 30.0 Å². The summed E-state index contributed by atoms with van der Waals surface area (Å²) in [6.45, 7) is 5.99. The molecule has 5 rings (SSSR count). The van der Waals surface area contributed by atoms with Crippen LogP contribution in [0.2, 0.25) is 0 Å². The number of allylic oxidation sites excluding steroid dienone is 1. The van der Waals surface area contributed by atoms with E-state index in [2.05, 4.69) is 10.6 Å². The van der Waals surface area contributed by atoms with Crippen molar-refractivity contribution in [3.8, 4) is 5.75 Å². The molecule has 3 aliphatic heterocycles. The van der Waals surface area contributed by atoms with Gasteiger partial charge in [-0.25, -0.2) is 4.79 Å². The van der Waals surface area contributed by atoms with Gasteiger partial charge in [0.2, 0.25) is 6.10 Å². The molecule has 3 saturated heterocycles. The van der Waals surface area contributed by atoms with Gasteiger partial charge in [0.1, 0.15) is 35.1 Å². The molecule has 238 valence electrons. The molecule has 4 N–H and O–H groups in total. The lowest BCUT2D eigenvalue weighted by atomic mass is 9.99. The first kappa shape index (κ1) is 31.5. The average molecular weight is 624 g/mol. The maximum absolute atomic E-state index is 13.9.